The summed E-state index contributed by atoms with van der Waals surface area (Å²) in [6, 6.07) is 17.6. The minimum Gasteiger partial charge on any atom is -0.385 e. The fraction of sp³-hybridized carbons (Fsp3) is 0.150. The number of fused-ring (bicyclic) bond motifs is 1. The molecule has 0 spiro atoms. The number of benzene rings is 2. The Morgan fingerprint density at radius 3 is 2.56 bits per heavy atom. The smallest absolute Gasteiger partial charge is 0.248 e. The number of hydrogen-bond acceptors (Lipinski definition) is 4. The van der Waals surface area contributed by atoms with E-state index in [-0.39, 0.29) is 0 Å². The van der Waals surface area contributed by atoms with Crippen LogP contribution in [0.1, 0.15) is 12.6 Å². The predicted molar refractivity (Wildman–Crippen MR) is 109 cm³/mol. The molecule has 0 amide bonds. The lowest BCUT2D eigenvalue weighted by Crippen LogP contribution is -2.13. The Bertz CT molecular complexity index is 1180. The molecule has 0 saturated heterocycles. The molecule has 138 valence electrons. The van der Waals surface area contributed by atoms with E-state index in [0.717, 1.165) is 34.3 Å². The van der Waals surface area contributed by atoms with Gasteiger partial charge < -0.3 is 9.88 Å². The van der Waals surface area contributed by atoms with Gasteiger partial charge in [0.2, 0.25) is 10.0 Å². The lowest BCUT2D eigenvalue weighted by Gasteiger charge is -2.09. The van der Waals surface area contributed by atoms with E-state index in [1.165, 1.54) is 6.08 Å². The molecule has 7 heteroatoms. The fourth-order valence-corrected chi connectivity index (χ4v) is 3.41. The summed E-state index contributed by atoms with van der Waals surface area (Å²) in [5.41, 5.74) is 3.56. The third kappa shape index (κ3) is 3.87. The molecule has 1 aromatic heterocycles. The van der Waals surface area contributed by atoms with Crippen molar-refractivity contribution in [1.82, 2.24) is 4.57 Å². The van der Waals surface area contributed by atoms with Crippen LogP contribution in [0.3, 0.4) is 0 Å². The van der Waals surface area contributed by atoms with Crippen LogP contribution >= 0.6 is 0 Å². The van der Waals surface area contributed by atoms with Gasteiger partial charge in [0.1, 0.15) is 6.07 Å². The summed E-state index contributed by atoms with van der Waals surface area (Å²) in [5, 5.41) is 19.6. The number of allylic oxidation sites excluding steroid dienone is 1. The first kappa shape index (κ1) is 18.7. The number of nitrogens with zero attached hydrogens (tertiary/aromatic N) is 2. The Labute approximate surface area is 158 Å². The van der Waals surface area contributed by atoms with E-state index in [0.29, 0.717) is 5.69 Å². The third-order valence-corrected chi connectivity index (χ3v) is 5.20. The van der Waals surface area contributed by atoms with Gasteiger partial charge in [-0.15, -0.1) is 0 Å². The van der Waals surface area contributed by atoms with Gasteiger partial charge in [-0.25, -0.2) is 13.6 Å². The minimum absolute atomic E-state index is 0.468. The molecule has 3 rings (SSSR count). The van der Waals surface area contributed by atoms with Crippen molar-refractivity contribution in [2.75, 3.05) is 11.9 Å². The molecule has 3 aromatic rings. The second kappa shape index (κ2) is 7.27. The molecule has 2 aromatic carbocycles. The van der Waals surface area contributed by atoms with Crippen molar-refractivity contribution < 1.29 is 8.42 Å². The molecule has 3 N–H and O–H groups in total. The molecule has 0 atom stereocenters. The van der Waals surface area contributed by atoms with Gasteiger partial charge in [0.05, 0.1) is 0 Å². The highest BCUT2D eigenvalue weighted by molar-refractivity contribution is 7.93. The van der Waals surface area contributed by atoms with Crippen molar-refractivity contribution in [1.29, 1.82) is 5.26 Å². The normalized spacial score (nSPS) is 12.1. The molecule has 6 nitrogen and oxygen atoms in total. The van der Waals surface area contributed by atoms with Gasteiger partial charge in [-0.1, -0.05) is 18.2 Å². The van der Waals surface area contributed by atoms with Gasteiger partial charge in [0.15, 0.2) is 4.91 Å². The van der Waals surface area contributed by atoms with Gasteiger partial charge >= 0.3 is 0 Å². The minimum atomic E-state index is -4.04. The highest BCUT2D eigenvalue weighted by Gasteiger charge is 2.13. The van der Waals surface area contributed by atoms with Gasteiger partial charge in [-0.2, -0.15) is 5.26 Å². The van der Waals surface area contributed by atoms with Crippen molar-refractivity contribution in [2.45, 2.75) is 6.92 Å². The van der Waals surface area contributed by atoms with Crippen molar-refractivity contribution in [3.63, 3.8) is 0 Å². The Morgan fingerprint density at radius 1 is 1.19 bits per heavy atom. The van der Waals surface area contributed by atoms with Crippen LogP contribution in [-0.4, -0.2) is 19.5 Å². The van der Waals surface area contributed by atoms with E-state index in [9.17, 15) is 8.42 Å². The maximum atomic E-state index is 11.4. The summed E-state index contributed by atoms with van der Waals surface area (Å²) in [4.78, 5) is -0.468. The Hall–Kier alpha value is -3.08. The number of aromatic nitrogens is 1. The first-order valence-corrected chi connectivity index (χ1v) is 9.96. The number of nitrogens with two attached hydrogens (primary N) is 1. The zero-order chi connectivity index (χ0) is 19.6. The number of sulfonamides is 1. The van der Waals surface area contributed by atoms with Crippen LogP contribution < -0.4 is 10.5 Å². The van der Waals surface area contributed by atoms with E-state index in [4.69, 9.17) is 10.4 Å². The van der Waals surface area contributed by atoms with Crippen molar-refractivity contribution in [3.05, 3.63) is 59.1 Å². The van der Waals surface area contributed by atoms with Crippen LogP contribution in [0.25, 0.3) is 28.1 Å². The van der Waals surface area contributed by atoms with Gasteiger partial charge in [0.25, 0.3) is 0 Å². The van der Waals surface area contributed by atoms with Gasteiger partial charge in [-0.3, -0.25) is 0 Å². The SMILES string of the molecule is CCNc1ccc2cc(-c3ccc(/C=C(\C#N)S(N)(=O)=O)n3C)ccc2c1. The summed E-state index contributed by atoms with van der Waals surface area (Å²) in [7, 11) is -2.23. The van der Waals surface area contributed by atoms with E-state index >= 15 is 0 Å². The highest BCUT2D eigenvalue weighted by Crippen LogP contribution is 2.28. The van der Waals surface area contributed by atoms with Crippen molar-refractivity contribution in [2.24, 2.45) is 12.2 Å². The molecule has 0 aliphatic carbocycles. The van der Waals surface area contributed by atoms with E-state index in [1.54, 1.807) is 12.1 Å². The van der Waals surface area contributed by atoms with Crippen LogP contribution in [0.5, 0.6) is 0 Å². The van der Waals surface area contributed by atoms with Crippen LogP contribution in [-0.2, 0) is 17.1 Å². The van der Waals surface area contributed by atoms with Crippen LogP contribution in [0.15, 0.2) is 53.4 Å². The predicted octanol–water partition coefficient (Wildman–Crippen LogP) is 3.43. The Kier molecular flexibility index (Phi) is 5.04. The quantitative estimate of drug-likeness (QED) is 0.662. The molecule has 0 unspecified atom stereocenters. The first-order valence-electron chi connectivity index (χ1n) is 8.42. The van der Waals surface area contributed by atoms with E-state index in [2.05, 4.69) is 36.5 Å². The maximum absolute atomic E-state index is 11.4. The molecule has 0 aliphatic heterocycles. The molecule has 1 heterocycles. The molecule has 0 fully saturated rings. The standard InChI is InChI=1S/C20H20N4O2S/c1-3-23-17-7-6-14-10-16(5-4-15(14)11-17)20-9-8-18(24(20)2)12-19(13-21)27(22,25)26/h4-12,23H,3H2,1-2H3,(H2,22,25,26)/b19-12+. The van der Waals surface area contributed by atoms with Crippen LogP contribution in [0.2, 0.25) is 0 Å². The maximum Gasteiger partial charge on any atom is 0.248 e. The van der Waals surface area contributed by atoms with E-state index < -0.39 is 14.9 Å². The second-order valence-electron chi connectivity index (χ2n) is 6.17. The topological polar surface area (TPSA) is 101 Å². The summed E-state index contributed by atoms with van der Waals surface area (Å²) in [6.45, 7) is 2.93. The molecule has 0 aliphatic rings. The fourth-order valence-electron chi connectivity index (χ4n) is 2.99. The van der Waals surface area contributed by atoms with Crippen LogP contribution in [0.4, 0.5) is 5.69 Å². The van der Waals surface area contributed by atoms with Crippen LogP contribution in [0, 0.1) is 11.3 Å². The first-order chi connectivity index (χ1) is 12.8. The average Bonchev–Trinajstić information content (AvgIpc) is 2.99. The molecule has 0 saturated carbocycles. The number of hydrogen-bond donors (Lipinski definition) is 2. The molecular formula is C20H20N4O2S. The van der Waals surface area contributed by atoms with Gasteiger partial charge in [-0.05, 0) is 59.7 Å². The summed E-state index contributed by atoms with van der Waals surface area (Å²) in [5.74, 6) is 0. The number of primary sulfonamides is 1. The lowest BCUT2D eigenvalue weighted by atomic mass is 10.0. The largest absolute Gasteiger partial charge is 0.385 e. The second-order valence-corrected chi connectivity index (χ2v) is 7.70. The Morgan fingerprint density at radius 2 is 1.89 bits per heavy atom. The zero-order valence-electron chi connectivity index (χ0n) is 15.1. The molecule has 0 radical (unpaired) electrons. The van der Waals surface area contributed by atoms with Crippen molar-refractivity contribution in [3.8, 4) is 17.3 Å². The highest BCUT2D eigenvalue weighted by atomic mass is 32.2. The monoisotopic (exact) mass is 380 g/mol. The van der Waals surface area contributed by atoms with E-state index in [1.807, 2.05) is 29.8 Å². The van der Waals surface area contributed by atoms with Gasteiger partial charge in [0, 0.05) is 30.7 Å². The molecule has 27 heavy (non-hydrogen) atoms. The van der Waals surface area contributed by atoms with Crippen molar-refractivity contribution >= 4 is 32.6 Å². The zero-order valence-corrected chi connectivity index (χ0v) is 15.9. The number of nitrogens with one attached hydrogen (secondary N) is 1. The number of rotatable bonds is 5. The average molecular weight is 380 g/mol. The number of anilines is 1. The Balaban J connectivity index is 2.03. The summed E-state index contributed by atoms with van der Waals surface area (Å²) in [6.07, 6.45) is 1.28. The number of nitriles is 1. The lowest BCUT2D eigenvalue weighted by molar-refractivity contribution is 0.605. The molecular weight excluding hydrogens is 360 g/mol. The summed E-state index contributed by atoms with van der Waals surface area (Å²) < 4.78 is 24.7. The third-order valence-electron chi connectivity index (χ3n) is 4.37. The molecule has 0 bridgehead atoms. The summed E-state index contributed by atoms with van der Waals surface area (Å²) >= 11 is 0.